The van der Waals surface area contributed by atoms with Crippen molar-refractivity contribution in [3.05, 3.63) is 28.3 Å². The Kier molecular flexibility index (Phi) is 4.63. The molecule has 1 rings (SSSR count). The van der Waals surface area contributed by atoms with Gasteiger partial charge in [0.25, 0.3) is 5.69 Å². The van der Waals surface area contributed by atoms with Gasteiger partial charge in [-0.2, -0.15) is 0 Å². The number of hydrogen-bond acceptors (Lipinski definition) is 6. The molecule has 0 fully saturated rings. The van der Waals surface area contributed by atoms with Crippen molar-refractivity contribution in [2.75, 3.05) is 12.4 Å². The molecule has 110 valence electrons. The van der Waals surface area contributed by atoms with Gasteiger partial charge in [0.1, 0.15) is 11.7 Å². The van der Waals surface area contributed by atoms with Gasteiger partial charge in [-0.25, -0.2) is 13.1 Å². The highest BCUT2D eigenvalue weighted by Crippen LogP contribution is 2.28. The number of benzene rings is 1. The molecule has 0 heterocycles. The minimum absolute atomic E-state index is 0.0695. The van der Waals surface area contributed by atoms with Crippen LogP contribution in [0.25, 0.3) is 0 Å². The van der Waals surface area contributed by atoms with Gasteiger partial charge in [-0.15, -0.1) is 0 Å². The number of aliphatic carboxylic acids is 1. The van der Waals surface area contributed by atoms with Gasteiger partial charge in [-0.1, -0.05) is 0 Å². The number of carboxylic acids is 1. The van der Waals surface area contributed by atoms with Gasteiger partial charge in [0, 0.05) is 6.07 Å². The average Bonchev–Trinajstić information content (AvgIpc) is 2.38. The second-order valence-corrected chi connectivity index (χ2v) is 5.73. The van der Waals surface area contributed by atoms with Crippen molar-refractivity contribution in [3.8, 4) is 0 Å². The Morgan fingerprint density at radius 1 is 1.45 bits per heavy atom. The summed E-state index contributed by atoms with van der Waals surface area (Å²) in [5.41, 5.74) is -0.589. The van der Waals surface area contributed by atoms with Crippen LogP contribution in [0.2, 0.25) is 0 Å². The second kappa shape index (κ2) is 5.84. The second-order valence-electron chi connectivity index (χ2n) is 3.85. The molecule has 0 radical (unpaired) electrons. The first-order valence-corrected chi connectivity index (χ1v) is 6.88. The zero-order chi connectivity index (χ0) is 15.5. The lowest BCUT2D eigenvalue weighted by atomic mass is 10.2. The topological polar surface area (TPSA) is 139 Å². The molecule has 0 unspecified atom stereocenters. The van der Waals surface area contributed by atoms with Crippen LogP contribution < -0.4 is 10.0 Å². The summed E-state index contributed by atoms with van der Waals surface area (Å²) in [5.74, 6) is -1.19. The number of anilines is 1. The molecule has 20 heavy (non-hydrogen) atoms. The lowest BCUT2D eigenvalue weighted by Gasteiger charge is -2.11. The Morgan fingerprint density at radius 2 is 2.05 bits per heavy atom. The number of nitrogens with one attached hydrogen (secondary N) is 2. The van der Waals surface area contributed by atoms with Crippen LogP contribution in [0.5, 0.6) is 0 Å². The number of carbonyl (C=O) groups is 1. The van der Waals surface area contributed by atoms with Crippen molar-refractivity contribution in [1.82, 2.24) is 4.72 Å². The van der Waals surface area contributed by atoms with Crippen LogP contribution in [0, 0.1) is 10.1 Å². The van der Waals surface area contributed by atoms with Gasteiger partial charge < -0.3 is 10.4 Å². The lowest BCUT2D eigenvalue weighted by molar-refractivity contribution is -0.384. The van der Waals surface area contributed by atoms with E-state index in [1.54, 1.807) is 0 Å². The molecule has 1 atom stereocenters. The van der Waals surface area contributed by atoms with E-state index < -0.39 is 32.6 Å². The van der Waals surface area contributed by atoms with Crippen LogP contribution in [-0.2, 0) is 14.8 Å². The molecule has 0 aromatic heterocycles. The first-order chi connectivity index (χ1) is 9.19. The Bertz CT molecular complexity index is 642. The highest BCUT2D eigenvalue weighted by molar-refractivity contribution is 7.89. The zero-order valence-corrected chi connectivity index (χ0v) is 11.5. The van der Waals surface area contributed by atoms with Crippen LogP contribution >= 0.6 is 0 Å². The Labute approximate surface area is 114 Å². The van der Waals surface area contributed by atoms with E-state index in [1.165, 1.54) is 14.0 Å². The van der Waals surface area contributed by atoms with Crippen molar-refractivity contribution < 1.29 is 23.2 Å². The summed E-state index contributed by atoms with van der Waals surface area (Å²) in [5, 5.41) is 22.1. The Balaban J connectivity index is 3.29. The molecule has 0 amide bonds. The molecule has 0 aliphatic heterocycles. The Morgan fingerprint density at radius 3 is 2.50 bits per heavy atom. The molecular formula is C10H13N3O6S. The smallest absolute Gasteiger partial charge is 0.325 e. The maximum Gasteiger partial charge on any atom is 0.325 e. The number of nitro benzene ring substituents is 1. The summed E-state index contributed by atoms with van der Waals surface area (Å²) in [6.07, 6.45) is 0. The number of nitro groups is 1. The molecule has 9 nitrogen and oxygen atoms in total. The third-order valence-electron chi connectivity index (χ3n) is 2.49. The van der Waals surface area contributed by atoms with Crippen molar-refractivity contribution in [1.29, 1.82) is 0 Å². The van der Waals surface area contributed by atoms with Crippen LogP contribution in [-0.4, -0.2) is 37.5 Å². The minimum atomic E-state index is -3.81. The fourth-order valence-corrected chi connectivity index (χ4v) is 2.11. The Hall–Kier alpha value is -2.20. The van der Waals surface area contributed by atoms with Crippen LogP contribution in [0.3, 0.4) is 0 Å². The van der Waals surface area contributed by atoms with Crippen LogP contribution in [0.15, 0.2) is 23.1 Å². The first-order valence-electron chi connectivity index (χ1n) is 5.40. The molecule has 1 aromatic carbocycles. The molecule has 0 aliphatic rings. The highest BCUT2D eigenvalue weighted by Gasteiger charge is 2.22. The predicted octanol–water partition coefficient (Wildman–Crippen LogP) is 0.388. The third-order valence-corrected chi connectivity index (χ3v) is 3.90. The van der Waals surface area contributed by atoms with E-state index in [2.05, 4.69) is 5.32 Å². The number of sulfonamides is 1. The monoisotopic (exact) mass is 303 g/mol. The van der Waals surface area contributed by atoms with Crippen LogP contribution in [0.4, 0.5) is 11.4 Å². The normalized spacial score (nSPS) is 12.7. The first kappa shape index (κ1) is 15.9. The molecule has 10 heteroatoms. The number of rotatable bonds is 6. The molecule has 0 saturated heterocycles. The number of nitrogens with zero attached hydrogens (tertiary/aromatic N) is 1. The van der Waals surface area contributed by atoms with Gasteiger partial charge >= 0.3 is 5.97 Å². The largest absolute Gasteiger partial charge is 0.480 e. The molecule has 0 bridgehead atoms. The maximum atomic E-state index is 11.6. The molecule has 3 N–H and O–H groups in total. The molecule has 0 aliphatic carbocycles. The quantitative estimate of drug-likeness (QED) is 0.510. The van der Waals surface area contributed by atoms with Gasteiger partial charge in [-0.05, 0) is 26.1 Å². The minimum Gasteiger partial charge on any atom is -0.480 e. The van der Waals surface area contributed by atoms with E-state index >= 15 is 0 Å². The highest BCUT2D eigenvalue weighted by atomic mass is 32.2. The van der Waals surface area contributed by atoms with Crippen LogP contribution in [0.1, 0.15) is 6.92 Å². The third kappa shape index (κ3) is 3.42. The van der Waals surface area contributed by atoms with Crippen molar-refractivity contribution in [2.45, 2.75) is 17.9 Å². The fraction of sp³-hybridized carbons (Fsp3) is 0.300. The molecule has 0 spiro atoms. The lowest BCUT2D eigenvalue weighted by Crippen LogP contribution is -2.26. The van der Waals surface area contributed by atoms with Crippen molar-refractivity contribution in [3.63, 3.8) is 0 Å². The summed E-state index contributed by atoms with van der Waals surface area (Å²) < 4.78 is 25.2. The summed E-state index contributed by atoms with van der Waals surface area (Å²) in [7, 11) is -2.63. The number of hydrogen-bond donors (Lipinski definition) is 3. The van der Waals surface area contributed by atoms with E-state index in [4.69, 9.17) is 5.11 Å². The van der Waals surface area contributed by atoms with Gasteiger partial charge in [0.15, 0.2) is 0 Å². The van der Waals surface area contributed by atoms with Gasteiger partial charge in [0.05, 0.1) is 9.82 Å². The summed E-state index contributed by atoms with van der Waals surface area (Å²) >= 11 is 0. The van der Waals surface area contributed by atoms with E-state index in [9.17, 15) is 23.3 Å². The molecular weight excluding hydrogens is 290 g/mol. The summed E-state index contributed by atoms with van der Waals surface area (Å²) in [4.78, 5) is 20.6. The summed E-state index contributed by atoms with van der Waals surface area (Å²) in [6, 6.07) is 2.11. The van der Waals surface area contributed by atoms with Gasteiger partial charge in [0.2, 0.25) is 10.0 Å². The van der Waals surface area contributed by atoms with E-state index in [1.807, 2.05) is 4.72 Å². The van der Waals surface area contributed by atoms with E-state index in [-0.39, 0.29) is 10.6 Å². The predicted molar refractivity (Wildman–Crippen MR) is 70.1 cm³/mol. The van der Waals surface area contributed by atoms with Crippen molar-refractivity contribution in [2.24, 2.45) is 0 Å². The average molecular weight is 303 g/mol. The fourth-order valence-electron chi connectivity index (χ4n) is 1.36. The van der Waals surface area contributed by atoms with Gasteiger partial charge in [-0.3, -0.25) is 14.9 Å². The molecule has 1 aromatic rings. The van der Waals surface area contributed by atoms with E-state index in [0.29, 0.717) is 0 Å². The van der Waals surface area contributed by atoms with Crippen molar-refractivity contribution >= 4 is 27.4 Å². The zero-order valence-electron chi connectivity index (χ0n) is 10.7. The summed E-state index contributed by atoms with van der Waals surface area (Å²) in [6.45, 7) is 1.31. The SMILES string of the molecule is CNS(=O)(=O)c1ccc(N[C@@H](C)C(=O)O)c([N+](=O)[O-])c1. The maximum absolute atomic E-state index is 11.6. The van der Waals surface area contributed by atoms with E-state index in [0.717, 1.165) is 18.2 Å². The molecule has 0 saturated carbocycles. The standard InChI is InChI=1S/C10H13N3O6S/c1-6(10(14)15)12-8-4-3-7(20(18,19)11-2)5-9(8)13(16)17/h3-6,11-12H,1-2H3,(H,14,15)/t6-/m0/s1. The number of carboxylic acid groups (broad SMARTS) is 1.